The van der Waals surface area contributed by atoms with Crippen molar-refractivity contribution in [3.8, 4) is 5.88 Å². The molecule has 10 heavy (non-hydrogen) atoms. The highest BCUT2D eigenvalue weighted by Gasteiger charge is 1.95. The van der Waals surface area contributed by atoms with E-state index in [0.29, 0.717) is 18.4 Å². The summed E-state index contributed by atoms with van der Waals surface area (Å²) in [6.07, 6.45) is 2.57. The lowest BCUT2D eigenvalue weighted by Gasteiger charge is -2.02. The Morgan fingerprint density at radius 1 is 1.70 bits per heavy atom. The first-order chi connectivity index (χ1) is 4.79. The third kappa shape index (κ3) is 1.98. The molecule has 0 amide bonds. The van der Waals surface area contributed by atoms with Gasteiger partial charge in [-0.05, 0) is 5.92 Å². The minimum Gasteiger partial charge on any atom is -0.470 e. The van der Waals surface area contributed by atoms with Gasteiger partial charge in [0.25, 0.3) is 5.88 Å². The van der Waals surface area contributed by atoms with E-state index in [2.05, 4.69) is 36.3 Å². The fourth-order valence-corrected chi connectivity index (χ4v) is 0.502. The second-order valence-electron chi connectivity index (χ2n) is 2.48. The molecule has 0 bridgehead atoms. The van der Waals surface area contributed by atoms with Crippen LogP contribution in [0.4, 0.5) is 0 Å². The van der Waals surface area contributed by atoms with E-state index in [9.17, 15) is 0 Å². The summed E-state index contributed by atoms with van der Waals surface area (Å²) >= 11 is 0. The van der Waals surface area contributed by atoms with Crippen LogP contribution in [0.1, 0.15) is 13.8 Å². The summed E-state index contributed by atoms with van der Waals surface area (Å²) in [6, 6.07) is 2.68. The van der Waals surface area contributed by atoms with Gasteiger partial charge >= 0.3 is 0 Å². The second-order valence-corrected chi connectivity index (χ2v) is 2.48. The van der Waals surface area contributed by atoms with Crippen LogP contribution in [0.15, 0.2) is 0 Å². The van der Waals surface area contributed by atoms with E-state index in [1.165, 1.54) is 0 Å². The van der Waals surface area contributed by atoms with E-state index in [1.807, 2.05) is 0 Å². The Balaban J connectivity index is 2.28. The molecule has 54 valence electrons. The van der Waals surface area contributed by atoms with Crippen molar-refractivity contribution >= 4 is 0 Å². The topological polar surface area (TPSA) is 37.9 Å². The van der Waals surface area contributed by atoms with Crippen molar-refractivity contribution < 1.29 is 4.74 Å². The Morgan fingerprint density at radius 2 is 2.50 bits per heavy atom. The molecule has 1 rings (SSSR count). The Kier molecular flexibility index (Phi) is 2.16. The molecular weight excluding hydrogens is 128 g/mol. The monoisotopic (exact) mass is 138 g/mol. The van der Waals surface area contributed by atoms with Crippen molar-refractivity contribution in [2.45, 2.75) is 13.8 Å². The molecule has 0 fully saturated rings. The van der Waals surface area contributed by atoms with E-state index in [4.69, 9.17) is 4.74 Å². The summed E-state index contributed by atoms with van der Waals surface area (Å²) in [4.78, 5) is 0. The zero-order valence-corrected chi connectivity index (χ0v) is 6.14. The third-order valence-electron chi connectivity index (χ3n) is 0.936. The van der Waals surface area contributed by atoms with Crippen molar-refractivity contribution in [1.82, 2.24) is 10.2 Å². The first-order valence-corrected chi connectivity index (χ1v) is 3.25. The highest BCUT2D eigenvalue weighted by atomic mass is 16.5. The van der Waals surface area contributed by atoms with E-state index < -0.39 is 0 Å². The van der Waals surface area contributed by atoms with Crippen LogP contribution in [0.5, 0.6) is 5.88 Å². The van der Waals surface area contributed by atoms with Gasteiger partial charge in [-0.1, -0.05) is 13.8 Å². The number of hydrogen-bond acceptors (Lipinski definition) is 2. The van der Waals surface area contributed by atoms with Gasteiger partial charge in [0.2, 0.25) is 0 Å². The van der Waals surface area contributed by atoms with Crippen molar-refractivity contribution in [1.29, 1.82) is 0 Å². The highest BCUT2D eigenvalue weighted by molar-refractivity contribution is 4.94. The predicted molar refractivity (Wildman–Crippen MR) is 36.6 cm³/mol. The van der Waals surface area contributed by atoms with Gasteiger partial charge in [0.05, 0.1) is 6.61 Å². The number of rotatable bonds is 3. The van der Waals surface area contributed by atoms with Crippen LogP contribution >= 0.6 is 0 Å². The number of H-pyrrole nitrogens is 1. The van der Waals surface area contributed by atoms with Crippen molar-refractivity contribution in [3.05, 3.63) is 12.3 Å². The molecule has 0 aliphatic heterocycles. The number of ether oxygens (including phenoxy) is 1. The van der Waals surface area contributed by atoms with E-state index >= 15 is 0 Å². The molecule has 1 heterocycles. The zero-order valence-electron chi connectivity index (χ0n) is 6.14. The maximum absolute atomic E-state index is 5.18. The van der Waals surface area contributed by atoms with E-state index in [0.717, 1.165) is 0 Å². The number of nitrogens with zero attached hydrogens (tertiary/aromatic N) is 1. The van der Waals surface area contributed by atoms with Crippen LogP contribution in [-0.4, -0.2) is 16.8 Å². The van der Waals surface area contributed by atoms with E-state index in [1.54, 1.807) is 0 Å². The summed E-state index contributed by atoms with van der Waals surface area (Å²) in [5.74, 6) is 1.01. The number of hydrogen-bond donors (Lipinski definition) is 1. The predicted octanol–water partition coefficient (Wildman–Crippen LogP) is 1.04. The average Bonchev–Trinajstić information content (AvgIpc) is 2.34. The fourth-order valence-electron chi connectivity index (χ4n) is 0.502. The molecular formula is C7H10N2O. The summed E-state index contributed by atoms with van der Waals surface area (Å²) in [6.45, 7) is 4.84. The van der Waals surface area contributed by atoms with Crippen LogP contribution in [0, 0.1) is 18.2 Å². The molecule has 0 saturated heterocycles. The maximum Gasteiger partial charge on any atom is 0.287 e. The van der Waals surface area contributed by atoms with Crippen LogP contribution in [-0.2, 0) is 0 Å². The largest absolute Gasteiger partial charge is 0.470 e. The van der Waals surface area contributed by atoms with Gasteiger partial charge in [-0.2, -0.15) is 0 Å². The van der Waals surface area contributed by atoms with Gasteiger partial charge in [0, 0.05) is 12.3 Å². The Morgan fingerprint density at radius 3 is 3.00 bits per heavy atom. The maximum atomic E-state index is 5.18. The van der Waals surface area contributed by atoms with Crippen LogP contribution in [0.25, 0.3) is 0 Å². The minimum absolute atomic E-state index is 0.494. The van der Waals surface area contributed by atoms with Gasteiger partial charge in [-0.15, -0.1) is 5.10 Å². The molecule has 1 N–H and O–H groups in total. The first-order valence-electron chi connectivity index (χ1n) is 3.25. The van der Waals surface area contributed by atoms with Crippen LogP contribution in [0.2, 0.25) is 0 Å². The minimum atomic E-state index is 0.494. The molecule has 3 nitrogen and oxygen atoms in total. The standard InChI is InChI=1S/C7H10N2O/c1-6(2)5-10-7-3-4-8-9-7/h6,8H,5H2,1-2H3. The van der Waals surface area contributed by atoms with Crippen LogP contribution in [0.3, 0.4) is 0 Å². The average molecular weight is 138 g/mol. The van der Waals surface area contributed by atoms with Crippen molar-refractivity contribution in [3.63, 3.8) is 0 Å². The van der Waals surface area contributed by atoms with Crippen molar-refractivity contribution in [2.24, 2.45) is 5.92 Å². The van der Waals surface area contributed by atoms with Gasteiger partial charge < -0.3 is 4.74 Å². The molecule has 0 aliphatic rings. The summed E-state index contributed by atoms with van der Waals surface area (Å²) < 4.78 is 5.18. The molecule has 0 spiro atoms. The molecule has 0 saturated carbocycles. The van der Waals surface area contributed by atoms with Crippen molar-refractivity contribution in [2.75, 3.05) is 6.61 Å². The number of aromatic nitrogens is 2. The van der Waals surface area contributed by atoms with Gasteiger partial charge in [0.1, 0.15) is 0 Å². The van der Waals surface area contributed by atoms with Gasteiger partial charge in [0.15, 0.2) is 0 Å². The molecule has 1 aromatic rings. The Labute approximate surface area is 60.4 Å². The smallest absolute Gasteiger partial charge is 0.287 e. The molecule has 0 aromatic carbocycles. The Bertz CT molecular complexity index is 170. The van der Waals surface area contributed by atoms with E-state index in [-0.39, 0.29) is 0 Å². The van der Waals surface area contributed by atoms with Crippen LogP contribution < -0.4 is 4.74 Å². The quantitative estimate of drug-likeness (QED) is 0.677. The second kappa shape index (κ2) is 3.11. The summed E-state index contributed by atoms with van der Waals surface area (Å²) in [7, 11) is 0. The Hall–Kier alpha value is -1.17. The first kappa shape index (κ1) is 6.94. The molecule has 0 radical (unpaired) electrons. The van der Waals surface area contributed by atoms with Gasteiger partial charge in [-0.25, -0.2) is 5.10 Å². The molecule has 1 aromatic heterocycles. The fraction of sp³-hybridized carbons (Fsp3) is 0.571. The molecule has 3 heteroatoms. The zero-order chi connectivity index (χ0) is 7.40. The molecule has 0 aliphatic carbocycles. The third-order valence-corrected chi connectivity index (χ3v) is 0.936. The summed E-state index contributed by atoms with van der Waals surface area (Å²) in [5, 5.41) is 6.23. The lowest BCUT2D eigenvalue weighted by atomic mass is 10.2. The normalized spacial score (nSPS) is 9.50. The lowest BCUT2D eigenvalue weighted by Crippen LogP contribution is -2.04. The number of aromatic amines is 1. The highest BCUT2D eigenvalue weighted by Crippen LogP contribution is 1.99. The van der Waals surface area contributed by atoms with Gasteiger partial charge in [-0.3, -0.25) is 0 Å². The number of nitrogens with one attached hydrogen (secondary N) is 1. The molecule has 0 atom stereocenters. The SMILES string of the molecule is CC(C)COc1c#c[nH]n1. The lowest BCUT2D eigenvalue weighted by molar-refractivity contribution is 0.260. The molecule has 0 unspecified atom stereocenters. The summed E-state index contributed by atoms with van der Waals surface area (Å²) in [5.41, 5.74) is 0.